The van der Waals surface area contributed by atoms with Crippen molar-refractivity contribution in [3.05, 3.63) is 57.6 Å². The minimum Gasteiger partial charge on any atom is -0.397 e. The van der Waals surface area contributed by atoms with Crippen LogP contribution in [0.1, 0.15) is 36.3 Å². The van der Waals surface area contributed by atoms with E-state index in [9.17, 15) is 4.79 Å². The van der Waals surface area contributed by atoms with Gasteiger partial charge in [0.25, 0.3) is 0 Å². The summed E-state index contributed by atoms with van der Waals surface area (Å²) in [5.41, 5.74) is 9.46. The van der Waals surface area contributed by atoms with Gasteiger partial charge in [0.1, 0.15) is 0 Å². The van der Waals surface area contributed by atoms with Gasteiger partial charge in [-0.1, -0.05) is 53.0 Å². The molecule has 3 N–H and O–H groups in total. The maximum absolute atomic E-state index is 13.4. The summed E-state index contributed by atoms with van der Waals surface area (Å²) in [4.78, 5) is 15.8. The first-order chi connectivity index (χ1) is 13.3. The Morgan fingerprint density at radius 3 is 2.54 bits per heavy atom. The van der Waals surface area contributed by atoms with Crippen LogP contribution in [0.2, 0.25) is 10.0 Å². The quantitative estimate of drug-likeness (QED) is 0.683. The Balaban J connectivity index is 1.66. The molecule has 4 nitrogen and oxygen atoms in total. The lowest BCUT2D eigenvalue weighted by Gasteiger charge is -2.42. The van der Waals surface area contributed by atoms with Gasteiger partial charge in [0, 0.05) is 12.1 Å². The molecule has 2 unspecified atom stereocenters. The SMILES string of the molecule is Cc1ccc([C@H]2C[C@H]3CCC(C2C(=O)Nc2cc(Cl)c(Cl)cc2N)N3C)cc1. The molecule has 2 aliphatic heterocycles. The van der Waals surface area contributed by atoms with E-state index in [1.807, 2.05) is 0 Å². The molecule has 0 radical (unpaired) electrons. The van der Waals surface area contributed by atoms with Gasteiger partial charge in [0.05, 0.1) is 27.3 Å². The van der Waals surface area contributed by atoms with Gasteiger partial charge in [-0.05, 0) is 56.8 Å². The summed E-state index contributed by atoms with van der Waals surface area (Å²) in [5.74, 6) is 0.0477. The van der Waals surface area contributed by atoms with E-state index in [-0.39, 0.29) is 23.8 Å². The average molecular weight is 418 g/mol. The van der Waals surface area contributed by atoms with Crippen LogP contribution in [0.3, 0.4) is 0 Å². The predicted molar refractivity (Wildman–Crippen MR) is 116 cm³/mol. The Kier molecular flexibility index (Phi) is 5.30. The van der Waals surface area contributed by atoms with Crippen molar-refractivity contribution in [2.75, 3.05) is 18.1 Å². The zero-order chi connectivity index (χ0) is 20.0. The van der Waals surface area contributed by atoms with Crippen molar-refractivity contribution in [2.24, 2.45) is 5.92 Å². The van der Waals surface area contributed by atoms with Gasteiger partial charge in [-0.25, -0.2) is 0 Å². The minimum atomic E-state index is -0.139. The van der Waals surface area contributed by atoms with E-state index in [4.69, 9.17) is 28.9 Å². The van der Waals surface area contributed by atoms with Crippen molar-refractivity contribution < 1.29 is 4.79 Å². The molecule has 2 aliphatic rings. The van der Waals surface area contributed by atoms with Crippen LogP contribution < -0.4 is 11.1 Å². The molecule has 4 atom stereocenters. The average Bonchev–Trinajstić information content (AvgIpc) is 2.89. The molecular weight excluding hydrogens is 393 g/mol. The second-order valence-electron chi connectivity index (χ2n) is 8.09. The van der Waals surface area contributed by atoms with E-state index < -0.39 is 0 Å². The molecule has 6 heteroatoms. The summed E-state index contributed by atoms with van der Waals surface area (Å²) in [6.45, 7) is 2.08. The lowest BCUT2D eigenvalue weighted by atomic mass is 9.75. The molecule has 2 fully saturated rings. The second kappa shape index (κ2) is 7.58. The summed E-state index contributed by atoms with van der Waals surface area (Å²) >= 11 is 12.2. The number of hydrogen-bond acceptors (Lipinski definition) is 3. The molecule has 1 amide bonds. The van der Waals surface area contributed by atoms with Crippen LogP contribution in [0.5, 0.6) is 0 Å². The lowest BCUT2D eigenvalue weighted by Crippen LogP contribution is -2.50. The molecule has 2 heterocycles. The number of anilines is 2. The number of nitrogens with one attached hydrogen (secondary N) is 1. The molecule has 0 aromatic heterocycles. The normalized spacial score (nSPS) is 27.0. The van der Waals surface area contributed by atoms with Crippen molar-refractivity contribution >= 4 is 40.5 Å². The highest BCUT2D eigenvalue weighted by Gasteiger charge is 2.49. The maximum atomic E-state index is 13.4. The molecule has 148 valence electrons. The molecular formula is C22H25Cl2N3O. The fourth-order valence-electron chi connectivity index (χ4n) is 4.87. The number of carbonyl (C=O) groups excluding carboxylic acids is 1. The minimum absolute atomic E-state index is 0.00661. The van der Waals surface area contributed by atoms with Crippen LogP contribution in [0.15, 0.2) is 36.4 Å². The molecule has 2 saturated heterocycles. The smallest absolute Gasteiger partial charge is 0.229 e. The summed E-state index contributed by atoms with van der Waals surface area (Å²) < 4.78 is 0. The standard InChI is InChI=1S/C22H25Cl2N3O/c1-12-3-5-13(6-4-12)15-9-14-7-8-20(27(14)2)21(15)22(28)26-19-11-17(24)16(23)10-18(19)25/h3-6,10-11,14-15,20-21H,7-9,25H2,1-2H3,(H,26,28)/t14-,15-,20?,21?/m1/s1. The predicted octanol–water partition coefficient (Wildman–Crippen LogP) is 5.09. The van der Waals surface area contributed by atoms with Gasteiger partial charge in [0.15, 0.2) is 0 Å². The van der Waals surface area contributed by atoms with Gasteiger partial charge >= 0.3 is 0 Å². The van der Waals surface area contributed by atoms with Crippen LogP contribution in [0.25, 0.3) is 0 Å². The number of aryl methyl sites for hydroxylation is 1. The number of benzene rings is 2. The van der Waals surface area contributed by atoms with Crippen LogP contribution in [-0.2, 0) is 4.79 Å². The van der Waals surface area contributed by atoms with Gasteiger partial charge in [-0.15, -0.1) is 0 Å². The summed E-state index contributed by atoms with van der Waals surface area (Å²) in [5, 5.41) is 3.79. The number of nitrogens with zero attached hydrogens (tertiary/aromatic N) is 1. The molecule has 0 aliphatic carbocycles. The van der Waals surface area contributed by atoms with E-state index in [0.29, 0.717) is 27.5 Å². The first-order valence-electron chi connectivity index (χ1n) is 9.69. The van der Waals surface area contributed by atoms with Crippen LogP contribution in [0.4, 0.5) is 11.4 Å². The van der Waals surface area contributed by atoms with Crippen molar-refractivity contribution in [2.45, 2.75) is 44.2 Å². The summed E-state index contributed by atoms with van der Waals surface area (Å²) in [6, 6.07) is 12.6. The Hall–Kier alpha value is -1.75. The van der Waals surface area contributed by atoms with Crippen LogP contribution in [0, 0.1) is 12.8 Å². The van der Waals surface area contributed by atoms with Gasteiger partial charge in [-0.2, -0.15) is 0 Å². The number of amides is 1. The third-order valence-corrected chi connectivity index (χ3v) is 7.15. The van der Waals surface area contributed by atoms with Gasteiger partial charge in [0.2, 0.25) is 5.91 Å². The number of carbonyl (C=O) groups is 1. The third kappa shape index (κ3) is 3.49. The van der Waals surface area contributed by atoms with Crippen molar-refractivity contribution in [1.82, 2.24) is 4.90 Å². The highest BCUT2D eigenvalue weighted by molar-refractivity contribution is 6.42. The first kappa shape index (κ1) is 19.6. The van der Waals surface area contributed by atoms with Crippen molar-refractivity contribution in [1.29, 1.82) is 0 Å². The van der Waals surface area contributed by atoms with E-state index >= 15 is 0 Å². The van der Waals surface area contributed by atoms with E-state index in [1.54, 1.807) is 12.1 Å². The number of piperidine rings is 1. The van der Waals surface area contributed by atoms with Gasteiger partial charge in [-0.3, -0.25) is 9.69 Å². The lowest BCUT2D eigenvalue weighted by molar-refractivity contribution is -0.124. The first-order valence-corrected chi connectivity index (χ1v) is 10.4. The number of rotatable bonds is 3. The molecule has 2 bridgehead atoms. The molecule has 4 rings (SSSR count). The molecule has 0 saturated carbocycles. The highest BCUT2D eigenvalue weighted by Crippen LogP contribution is 2.47. The van der Waals surface area contributed by atoms with E-state index in [0.717, 1.165) is 19.3 Å². The van der Waals surface area contributed by atoms with Gasteiger partial charge < -0.3 is 11.1 Å². The number of nitrogen functional groups attached to an aromatic ring is 1. The number of hydrogen-bond donors (Lipinski definition) is 2. The largest absolute Gasteiger partial charge is 0.397 e. The van der Waals surface area contributed by atoms with Crippen LogP contribution >= 0.6 is 23.2 Å². The highest BCUT2D eigenvalue weighted by atomic mass is 35.5. The molecule has 2 aromatic carbocycles. The fourth-order valence-corrected chi connectivity index (χ4v) is 5.20. The zero-order valence-corrected chi connectivity index (χ0v) is 17.6. The van der Waals surface area contributed by atoms with Crippen LogP contribution in [-0.4, -0.2) is 29.9 Å². The second-order valence-corrected chi connectivity index (χ2v) is 8.90. The monoisotopic (exact) mass is 417 g/mol. The van der Waals surface area contributed by atoms with Crippen molar-refractivity contribution in [3.8, 4) is 0 Å². The Morgan fingerprint density at radius 1 is 1.14 bits per heavy atom. The molecule has 28 heavy (non-hydrogen) atoms. The van der Waals surface area contributed by atoms with E-state index in [1.165, 1.54) is 11.1 Å². The topological polar surface area (TPSA) is 58.4 Å². The third-order valence-electron chi connectivity index (χ3n) is 6.43. The summed E-state index contributed by atoms with van der Waals surface area (Å²) in [7, 11) is 2.14. The number of nitrogens with two attached hydrogens (primary N) is 1. The Bertz CT molecular complexity index is 899. The summed E-state index contributed by atoms with van der Waals surface area (Å²) in [6.07, 6.45) is 3.17. The maximum Gasteiger partial charge on any atom is 0.229 e. The fraction of sp³-hybridized carbons (Fsp3) is 0.409. The Morgan fingerprint density at radius 2 is 1.82 bits per heavy atom. The van der Waals surface area contributed by atoms with Crippen molar-refractivity contribution in [3.63, 3.8) is 0 Å². The number of fused-ring (bicyclic) bond motifs is 2. The van der Waals surface area contributed by atoms with E-state index in [2.05, 4.69) is 48.5 Å². The molecule has 0 spiro atoms. The zero-order valence-electron chi connectivity index (χ0n) is 16.1. The Labute approximate surface area is 176 Å². The molecule has 2 aromatic rings. The number of halogens is 2.